The van der Waals surface area contributed by atoms with Crippen molar-refractivity contribution in [3.8, 4) is 0 Å². The maximum Gasteiger partial charge on any atom is 0.0623 e. The molecule has 0 bridgehead atoms. The molecule has 1 saturated carbocycles. The van der Waals surface area contributed by atoms with E-state index in [4.69, 9.17) is 0 Å². The van der Waals surface area contributed by atoms with Crippen LogP contribution >= 0.6 is 0 Å². The van der Waals surface area contributed by atoms with Gasteiger partial charge in [0.2, 0.25) is 0 Å². The zero-order valence-corrected chi connectivity index (χ0v) is 7.16. The molecular weight excluding hydrogens is 150 g/mol. The molecule has 0 spiro atoms. The zero-order valence-electron chi connectivity index (χ0n) is 7.16. The lowest BCUT2D eigenvalue weighted by molar-refractivity contribution is 0.105. The van der Waals surface area contributed by atoms with Crippen molar-refractivity contribution in [1.82, 2.24) is 4.98 Å². The van der Waals surface area contributed by atoms with Gasteiger partial charge in [0.15, 0.2) is 0 Å². The van der Waals surface area contributed by atoms with E-state index in [1.54, 1.807) is 0 Å². The Hall–Kier alpha value is -0.760. The Bertz CT molecular complexity index is 230. The Morgan fingerprint density at radius 2 is 2.17 bits per heavy atom. The first kappa shape index (κ1) is 7.87. The topological polar surface area (TPSA) is 36.0 Å². The Morgan fingerprint density at radius 3 is 2.83 bits per heavy atom. The Labute approximate surface area is 72.6 Å². The highest BCUT2D eigenvalue weighted by atomic mass is 16.3. The molecule has 1 aromatic rings. The van der Waals surface area contributed by atoms with E-state index in [0.717, 1.165) is 12.8 Å². The lowest BCUT2D eigenvalue weighted by atomic mass is 9.84. The normalized spacial score (nSPS) is 30.4. The van der Waals surface area contributed by atoms with Gasteiger partial charge < -0.3 is 10.1 Å². The van der Waals surface area contributed by atoms with Crippen LogP contribution in [0.25, 0.3) is 0 Å². The lowest BCUT2D eigenvalue weighted by Gasteiger charge is -2.26. The summed E-state index contributed by atoms with van der Waals surface area (Å²) in [4.78, 5) is 3.18. The van der Waals surface area contributed by atoms with Crippen molar-refractivity contribution in [2.24, 2.45) is 0 Å². The quantitative estimate of drug-likeness (QED) is 0.656. The van der Waals surface area contributed by atoms with Crippen LogP contribution in [0.1, 0.15) is 37.3 Å². The van der Waals surface area contributed by atoms with Gasteiger partial charge in [0.1, 0.15) is 0 Å². The smallest absolute Gasteiger partial charge is 0.0623 e. The van der Waals surface area contributed by atoms with Crippen LogP contribution < -0.4 is 0 Å². The van der Waals surface area contributed by atoms with Gasteiger partial charge in [-0.1, -0.05) is 12.8 Å². The SMILES string of the molecule is O[C@@H]1CCCC[C@H]1c1ccc[nH]1. The number of hydrogen-bond acceptors (Lipinski definition) is 1. The average Bonchev–Trinajstić information content (AvgIpc) is 2.57. The summed E-state index contributed by atoms with van der Waals surface area (Å²) in [5.41, 5.74) is 1.20. The molecule has 0 unspecified atom stereocenters. The molecule has 0 aliphatic heterocycles. The monoisotopic (exact) mass is 165 g/mol. The Balaban J connectivity index is 2.11. The zero-order chi connectivity index (χ0) is 8.39. The first-order chi connectivity index (χ1) is 5.88. The Kier molecular flexibility index (Phi) is 2.17. The lowest BCUT2D eigenvalue weighted by Crippen LogP contribution is -2.22. The van der Waals surface area contributed by atoms with Gasteiger partial charge in [-0.2, -0.15) is 0 Å². The van der Waals surface area contributed by atoms with Crippen molar-refractivity contribution in [2.75, 3.05) is 0 Å². The first-order valence-corrected chi connectivity index (χ1v) is 4.69. The van der Waals surface area contributed by atoms with E-state index in [-0.39, 0.29) is 6.10 Å². The minimum Gasteiger partial charge on any atom is -0.392 e. The van der Waals surface area contributed by atoms with Gasteiger partial charge in [-0.25, -0.2) is 0 Å². The summed E-state index contributed by atoms with van der Waals surface area (Å²) in [6.45, 7) is 0. The maximum atomic E-state index is 9.72. The fourth-order valence-electron chi connectivity index (χ4n) is 2.05. The van der Waals surface area contributed by atoms with Crippen LogP contribution in [0.3, 0.4) is 0 Å². The summed E-state index contributed by atoms with van der Waals surface area (Å²) in [5.74, 6) is 0.355. The number of aliphatic hydroxyl groups excluding tert-OH is 1. The highest BCUT2D eigenvalue weighted by Crippen LogP contribution is 2.31. The molecule has 0 radical (unpaired) electrons. The van der Waals surface area contributed by atoms with E-state index in [9.17, 15) is 5.11 Å². The van der Waals surface area contributed by atoms with Crippen LogP contribution in [0.4, 0.5) is 0 Å². The second-order valence-corrected chi connectivity index (χ2v) is 3.58. The molecule has 1 aliphatic rings. The summed E-state index contributed by atoms with van der Waals surface area (Å²) in [7, 11) is 0. The van der Waals surface area contributed by atoms with E-state index in [0.29, 0.717) is 5.92 Å². The molecule has 0 saturated heterocycles. The van der Waals surface area contributed by atoms with Crippen molar-refractivity contribution in [1.29, 1.82) is 0 Å². The number of rotatable bonds is 1. The molecular formula is C10H15NO. The molecule has 0 aromatic carbocycles. The third-order valence-corrected chi connectivity index (χ3v) is 2.75. The largest absolute Gasteiger partial charge is 0.392 e. The van der Waals surface area contributed by atoms with Gasteiger partial charge in [0, 0.05) is 17.8 Å². The van der Waals surface area contributed by atoms with Crippen molar-refractivity contribution < 1.29 is 5.11 Å². The number of aromatic amines is 1. The van der Waals surface area contributed by atoms with Gasteiger partial charge >= 0.3 is 0 Å². The predicted octanol–water partition coefficient (Wildman–Crippen LogP) is 2.03. The summed E-state index contributed by atoms with van der Waals surface area (Å²) in [6.07, 6.45) is 6.32. The summed E-state index contributed by atoms with van der Waals surface area (Å²) < 4.78 is 0. The maximum absolute atomic E-state index is 9.72. The number of H-pyrrole nitrogens is 1. The van der Waals surface area contributed by atoms with E-state index in [1.165, 1.54) is 18.5 Å². The second kappa shape index (κ2) is 3.31. The van der Waals surface area contributed by atoms with Crippen molar-refractivity contribution in [3.63, 3.8) is 0 Å². The molecule has 1 aliphatic carbocycles. The van der Waals surface area contributed by atoms with Gasteiger partial charge in [0.05, 0.1) is 6.10 Å². The molecule has 2 heteroatoms. The van der Waals surface area contributed by atoms with Crippen LogP contribution in [-0.4, -0.2) is 16.2 Å². The van der Waals surface area contributed by atoms with E-state index in [1.807, 2.05) is 12.3 Å². The van der Waals surface area contributed by atoms with Gasteiger partial charge in [-0.05, 0) is 25.0 Å². The van der Waals surface area contributed by atoms with Crippen LogP contribution in [-0.2, 0) is 0 Å². The van der Waals surface area contributed by atoms with Gasteiger partial charge in [0.25, 0.3) is 0 Å². The van der Waals surface area contributed by atoms with Crippen molar-refractivity contribution in [3.05, 3.63) is 24.0 Å². The van der Waals surface area contributed by atoms with Crippen LogP contribution in [0, 0.1) is 0 Å². The minimum absolute atomic E-state index is 0.127. The molecule has 1 heterocycles. The van der Waals surface area contributed by atoms with Gasteiger partial charge in [-0.3, -0.25) is 0 Å². The third-order valence-electron chi connectivity index (χ3n) is 2.75. The van der Waals surface area contributed by atoms with Crippen molar-refractivity contribution in [2.45, 2.75) is 37.7 Å². The fourth-order valence-corrected chi connectivity index (χ4v) is 2.05. The standard InChI is InChI=1S/C10H15NO/c12-10-6-2-1-4-8(10)9-5-3-7-11-9/h3,5,7-8,10-12H,1-2,4,6H2/t8-,10+/m0/s1. The number of aliphatic hydroxyl groups is 1. The molecule has 2 rings (SSSR count). The fraction of sp³-hybridized carbons (Fsp3) is 0.600. The van der Waals surface area contributed by atoms with Crippen LogP contribution in [0.2, 0.25) is 0 Å². The molecule has 1 fully saturated rings. The summed E-state index contributed by atoms with van der Waals surface area (Å²) in [6, 6.07) is 4.07. The molecule has 2 N–H and O–H groups in total. The summed E-state index contributed by atoms with van der Waals surface area (Å²) in [5, 5.41) is 9.72. The van der Waals surface area contributed by atoms with Crippen LogP contribution in [0.5, 0.6) is 0 Å². The molecule has 12 heavy (non-hydrogen) atoms. The molecule has 0 amide bonds. The number of hydrogen-bond donors (Lipinski definition) is 2. The van der Waals surface area contributed by atoms with Crippen LogP contribution in [0.15, 0.2) is 18.3 Å². The minimum atomic E-state index is -0.127. The van der Waals surface area contributed by atoms with Crippen molar-refractivity contribution >= 4 is 0 Å². The third kappa shape index (κ3) is 1.39. The Morgan fingerprint density at radius 1 is 1.33 bits per heavy atom. The number of aromatic nitrogens is 1. The van der Waals surface area contributed by atoms with Gasteiger partial charge in [-0.15, -0.1) is 0 Å². The molecule has 2 nitrogen and oxygen atoms in total. The van der Waals surface area contributed by atoms with E-state index >= 15 is 0 Å². The highest BCUT2D eigenvalue weighted by Gasteiger charge is 2.24. The summed E-state index contributed by atoms with van der Waals surface area (Å²) >= 11 is 0. The molecule has 1 aromatic heterocycles. The van der Waals surface area contributed by atoms with E-state index < -0.39 is 0 Å². The predicted molar refractivity (Wildman–Crippen MR) is 48.0 cm³/mol. The second-order valence-electron chi connectivity index (χ2n) is 3.58. The molecule has 2 atom stereocenters. The highest BCUT2D eigenvalue weighted by molar-refractivity contribution is 5.12. The van der Waals surface area contributed by atoms with E-state index in [2.05, 4.69) is 11.1 Å². The first-order valence-electron chi connectivity index (χ1n) is 4.69. The number of nitrogens with one attached hydrogen (secondary N) is 1. The molecule has 66 valence electrons. The average molecular weight is 165 g/mol.